The molecule has 2 atom stereocenters. The molecule has 0 bridgehead atoms. The second-order valence-corrected chi connectivity index (χ2v) is 6.18. The minimum absolute atomic E-state index is 0.345. The Morgan fingerprint density at radius 2 is 2.17 bits per heavy atom. The molecule has 0 N–H and O–H groups in total. The third kappa shape index (κ3) is 3.95. The molecule has 3 nitrogen and oxygen atoms in total. The van der Waals surface area contributed by atoms with Crippen molar-refractivity contribution in [2.24, 2.45) is 0 Å². The van der Waals surface area contributed by atoms with E-state index in [1.54, 1.807) is 0 Å². The van der Waals surface area contributed by atoms with Gasteiger partial charge in [-0.15, -0.1) is 0 Å². The van der Waals surface area contributed by atoms with E-state index in [2.05, 4.69) is 20.8 Å². The lowest BCUT2D eigenvalue weighted by atomic mass is 10.1. The zero-order valence-corrected chi connectivity index (χ0v) is 12.7. The predicted octanol–water partition coefficient (Wildman–Crippen LogP) is 3.11. The standard InChI is InChI=1S/C14H24BrNO2/c15-9-1-4-12-5-2-10-16(12)14(17)8-7-13-6-3-11-18-13/h12-13H,1-11H2. The quantitative estimate of drug-likeness (QED) is 0.704. The summed E-state index contributed by atoms with van der Waals surface area (Å²) in [6.07, 6.45) is 8.93. The van der Waals surface area contributed by atoms with Gasteiger partial charge in [-0.25, -0.2) is 0 Å². The van der Waals surface area contributed by atoms with Crippen LogP contribution in [0.15, 0.2) is 0 Å². The van der Waals surface area contributed by atoms with Crippen LogP contribution in [0.2, 0.25) is 0 Å². The Kier molecular flexibility index (Phi) is 5.96. The van der Waals surface area contributed by atoms with Crippen molar-refractivity contribution in [3.63, 3.8) is 0 Å². The molecule has 1 amide bonds. The number of alkyl halides is 1. The number of ether oxygens (including phenoxy) is 1. The Morgan fingerprint density at radius 3 is 2.89 bits per heavy atom. The average molecular weight is 318 g/mol. The van der Waals surface area contributed by atoms with Gasteiger partial charge in [-0.3, -0.25) is 4.79 Å². The fraction of sp³-hybridized carbons (Fsp3) is 0.929. The first-order valence-corrected chi connectivity index (χ1v) is 8.40. The van der Waals surface area contributed by atoms with E-state index in [0.717, 1.165) is 44.2 Å². The molecule has 2 rings (SSSR count). The van der Waals surface area contributed by atoms with Gasteiger partial charge in [0.1, 0.15) is 0 Å². The van der Waals surface area contributed by atoms with E-state index in [9.17, 15) is 4.79 Å². The van der Waals surface area contributed by atoms with E-state index < -0.39 is 0 Å². The number of halogens is 1. The summed E-state index contributed by atoms with van der Waals surface area (Å²) >= 11 is 3.47. The summed E-state index contributed by atoms with van der Waals surface area (Å²) in [5, 5.41) is 1.04. The number of rotatable bonds is 6. The smallest absolute Gasteiger partial charge is 0.222 e. The Balaban J connectivity index is 1.72. The molecule has 4 heteroatoms. The summed E-state index contributed by atoms with van der Waals surface area (Å²) in [6, 6.07) is 0.500. The fourth-order valence-electron chi connectivity index (χ4n) is 3.08. The summed E-state index contributed by atoms with van der Waals surface area (Å²) in [5.41, 5.74) is 0. The lowest BCUT2D eigenvalue weighted by Crippen LogP contribution is -2.35. The maximum Gasteiger partial charge on any atom is 0.222 e. The lowest BCUT2D eigenvalue weighted by Gasteiger charge is -2.25. The highest BCUT2D eigenvalue weighted by Gasteiger charge is 2.28. The van der Waals surface area contributed by atoms with Crippen LogP contribution in [-0.2, 0) is 9.53 Å². The van der Waals surface area contributed by atoms with E-state index in [1.807, 2.05) is 0 Å². The third-order valence-corrected chi connectivity index (χ3v) is 4.63. The molecule has 0 saturated carbocycles. The van der Waals surface area contributed by atoms with Gasteiger partial charge in [0, 0.05) is 30.9 Å². The molecule has 2 aliphatic rings. The highest BCUT2D eigenvalue weighted by Crippen LogP contribution is 2.24. The molecular weight excluding hydrogens is 294 g/mol. The van der Waals surface area contributed by atoms with Crippen molar-refractivity contribution in [3.05, 3.63) is 0 Å². The van der Waals surface area contributed by atoms with Gasteiger partial charge in [0.15, 0.2) is 0 Å². The summed E-state index contributed by atoms with van der Waals surface area (Å²) in [6.45, 7) is 1.85. The largest absolute Gasteiger partial charge is 0.378 e. The van der Waals surface area contributed by atoms with Crippen LogP contribution in [0.25, 0.3) is 0 Å². The zero-order valence-electron chi connectivity index (χ0n) is 11.1. The molecule has 0 spiro atoms. The normalized spacial score (nSPS) is 27.9. The highest BCUT2D eigenvalue weighted by atomic mass is 79.9. The summed E-state index contributed by atoms with van der Waals surface area (Å²) in [7, 11) is 0. The van der Waals surface area contributed by atoms with Crippen LogP contribution in [0.1, 0.15) is 51.4 Å². The zero-order chi connectivity index (χ0) is 12.8. The van der Waals surface area contributed by atoms with Gasteiger partial charge in [0.2, 0.25) is 5.91 Å². The Morgan fingerprint density at radius 1 is 1.28 bits per heavy atom. The summed E-state index contributed by atoms with van der Waals surface area (Å²) < 4.78 is 5.58. The van der Waals surface area contributed by atoms with Crippen molar-refractivity contribution < 1.29 is 9.53 Å². The van der Waals surface area contributed by atoms with Crippen LogP contribution >= 0.6 is 15.9 Å². The van der Waals surface area contributed by atoms with Gasteiger partial charge in [-0.1, -0.05) is 15.9 Å². The first-order valence-electron chi connectivity index (χ1n) is 7.28. The molecule has 2 saturated heterocycles. The highest BCUT2D eigenvalue weighted by molar-refractivity contribution is 9.09. The van der Waals surface area contributed by atoms with Crippen molar-refractivity contribution >= 4 is 21.8 Å². The fourth-order valence-corrected chi connectivity index (χ4v) is 3.40. The average Bonchev–Trinajstić information content (AvgIpc) is 3.04. The van der Waals surface area contributed by atoms with Crippen molar-refractivity contribution in [2.75, 3.05) is 18.5 Å². The minimum Gasteiger partial charge on any atom is -0.378 e. The molecule has 2 heterocycles. The van der Waals surface area contributed by atoms with Crippen LogP contribution in [-0.4, -0.2) is 41.4 Å². The van der Waals surface area contributed by atoms with Crippen molar-refractivity contribution in [3.8, 4) is 0 Å². The third-order valence-electron chi connectivity index (χ3n) is 4.07. The molecule has 2 aliphatic heterocycles. The topological polar surface area (TPSA) is 29.5 Å². The first-order chi connectivity index (χ1) is 8.81. The molecule has 0 aromatic carbocycles. The number of hydrogen-bond acceptors (Lipinski definition) is 2. The molecular formula is C14H24BrNO2. The second kappa shape index (κ2) is 7.49. The molecule has 0 aromatic heterocycles. The number of amides is 1. The van der Waals surface area contributed by atoms with Gasteiger partial charge in [0.05, 0.1) is 6.10 Å². The SMILES string of the molecule is O=C(CCC1CCCO1)N1CCCC1CCCBr. The van der Waals surface area contributed by atoms with Crippen molar-refractivity contribution in [1.82, 2.24) is 4.90 Å². The molecule has 0 aliphatic carbocycles. The number of likely N-dealkylation sites (tertiary alicyclic amines) is 1. The van der Waals surface area contributed by atoms with E-state index in [1.165, 1.54) is 19.3 Å². The number of hydrogen-bond donors (Lipinski definition) is 0. The first kappa shape index (κ1) is 14.3. The van der Waals surface area contributed by atoms with Gasteiger partial charge in [-0.05, 0) is 44.9 Å². The predicted molar refractivity (Wildman–Crippen MR) is 76.0 cm³/mol. The van der Waals surface area contributed by atoms with E-state index in [4.69, 9.17) is 4.74 Å². The van der Waals surface area contributed by atoms with Gasteiger partial charge in [0.25, 0.3) is 0 Å². The van der Waals surface area contributed by atoms with Crippen LogP contribution in [0, 0.1) is 0 Å². The van der Waals surface area contributed by atoms with Crippen molar-refractivity contribution in [1.29, 1.82) is 0 Å². The van der Waals surface area contributed by atoms with Gasteiger partial charge in [-0.2, -0.15) is 0 Å². The van der Waals surface area contributed by atoms with Crippen molar-refractivity contribution in [2.45, 2.75) is 63.5 Å². The van der Waals surface area contributed by atoms with Crippen LogP contribution in [0.3, 0.4) is 0 Å². The van der Waals surface area contributed by atoms with Crippen LogP contribution in [0.4, 0.5) is 0 Å². The summed E-state index contributed by atoms with van der Waals surface area (Å²) in [4.78, 5) is 14.4. The number of carbonyl (C=O) groups is 1. The Bertz CT molecular complexity index is 267. The van der Waals surface area contributed by atoms with Crippen LogP contribution < -0.4 is 0 Å². The maximum absolute atomic E-state index is 12.2. The monoisotopic (exact) mass is 317 g/mol. The second-order valence-electron chi connectivity index (χ2n) is 5.39. The molecule has 104 valence electrons. The minimum atomic E-state index is 0.345. The molecule has 18 heavy (non-hydrogen) atoms. The van der Waals surface area contributed by atoms with E-state index in [-0.39, 0.29) is 0 Å². The maximum atomic E-state index is 12.2. The molecule has 0 radical (unpaired) electrons. The Labute approximate surface area is 118 Å². The van der Waals surface area contributed by atoms with E-state index >= 15 is 0 Å². The molecule has 2 unspecified atom stereocenters. The number of carbonyl (C=O) groups excluding carboxylic acids is 1. The molecule has 0 aromatic rings. The van der Waals surface area contributed by atoms with E-state index in [0.29, 0.717) is 24.5 Å². The number of nitrogens with zero attached hydrogens (tertiary/aromatic N) is 1. The van der Waals surface area contributed by atoms with Crippen LogP contribution in [0.5, 0.6) is 0 Å². The van der Waals surface area contributed by atoms with Gasteiger partial charge >= 0.3 is 0 Å². The lowest BCUT2D eigenvalue weighted by molar-refractivity contribution is -0.132. The molecule has 2 fully saturated rings. The van der Waals surface area contributed by atoms with Gasteiger partial charge < -0.3 is 9.64 Å². The summed E-state index contributed by atoms with van der Waals surface area (Å²) in [5.74, 6) is 0.350. The Hall–Kier alpha value is -0.0900.